The van der Waals surface area contributed by atoms with Gasteiger partial charge in [0.25, 0.3) is 0 Å². The van der Waals surface area contributed by atoms with Crippen molar-refractivity contribution in [2.45, 2.75) is 46.6 Å². The molecule has 3 aromatic rings. The zero-order chi connectivity index (χ0) is 19.9. The predicted molar refractivity (Wildman–Crippen MR) is 113 cm³/mol. The minimum atomic E-state index is 0.0929. The van der Waals surface area contributed by atoms with Gasteiger partial charge in [0, 0.05) is 19.4 Å². The molecule has 3 rings (SSSR count). The molecule has 0 fully saturated rings. The van der Waals surface area contributed by atoms with Crippen molar-refractivity contribution < 1.29 is 9.53 Å². The first-order chi connectivity index (χ1) is 13.6. The van der Waals surface area contributed by atoms with Crippen LogP contribution in [-0.2, 0) is 17.8 Å². The van der Waals surface area contributed by atoms with E-state index in [4.69, 9.17) is 9.72 Å². The predicted octanol–water partition coefficient (Wildman–Crippen LogP) is 4.19. The zero-order valence-corrected chi connectivity index (χ0v) is 17.0. The summed E-state index contributed by atoms with van der Waals surface area (Å²) in [7, 11) is 0. The van der Waals surface area contributed by atoms with Crippen molar-refractivity contribution in [2.24, 2.45) is 0 Å². The molecule has 0 saturated carbocycles. The fourth-order valence-corrected chi connectivity index (χ4v) is 3.37. The van der Waals surface area contributed by atoms with Crippen LogP contribution in [0.25, 0.3) is 11.0 Å². The summed E-state index contributed by atoms with van der Waals surface area (Å²) in [5, 5.41) is 2.93. The largest absolute Gasteiger partial charge is 0.491 e. The zero-order valence-electron chi connectivity index (χ0n) is 17.0. The van der Waals surface area contributed by atoms with Gasteiger partial charge in [0.15, 0.2) is 0 Å². The van der Waals surface area contributed by atoms with Crippen molar-refractivity contribution in [3.05, 3.63) is 59.4 Å². The Hall–Kier alpha value is -2.82. The number of benzene rings is 2. The second kappa shape index (κ2) is 9.40. The van der Waals surface area contributed by atoms with Gasteiger partial charge in [-0.1, -0.05) is 36.8 Å². The van der Waals surface area contributed by atoms with Gasteiger partial charge in [-0.25, -0.2) is 4.98 Å². The van der Waals surface area contributed by atoms with E-state index in [2.05, 4.69) is 41.9 Å². The smallest absolute Gasteiger partial charge is 0.219 e. The second-order valence-corrected chi connectivity index (χ2v) is 7.09. The van der Waals surface area contributed by atoms with E-state index in [0.717, 1.165) is 47.6 Å². The average molecular weight is 380 g/mol. The van der Waals surface area contributed by atoms with Crippen LogP contribution in [0.4, 0.5) is 0 Å². The molecule has 0 aliphatic heterocycles. The van der Waals surface area contributed by atoms with E-state index < -0.39 is 0 Å². The van der Waals surface area contributed by atoms with Crippen LogP contribution < -0.4 is 10.1 Å². The number of nitrogens with zero attached hydrogens (tertiary/aromatic N) is 2. The van der Waals surface area contributed by atoms with Gasteiger partial charge in [-0.15, -0.1) is 0 Å². The molecule has 28 heavy (non-hydrogen) atoms. The number of imidazole rings is 1. The van der Waals surface area contributed by atoms with Crippen LogP contribution in [0, 0.1) is 13.8 Å². The summed E-state index contributed by atoms with van der Waals surface area (Å²) in [6.07, 6.45) is 2.21. The number of fused-ring (bicyclic) bond motifs is 1. The van der Waals surface area contributed by atoms with Crippen LogP contribution in [0.15, 0.2) is 42.5 Å². The number of rotatable bonds is 9. The molecule has 5 heteroatoms. The quantitative estimate of drug-likeness (QED) is 0.567. The van der Waals surface area contributed by atoms with E-state index in [1.807, 2.05) is 31.2 Å². The number of aromatic nitrogens is 2. The van der Waals surface area contributed by atoms with E-state index >= 15 is 0 Å². The Balaban J connectivity index is 1.67. The first kappa shape index (κ1) is 19.9. The average Bonchev–Trinajstić information content (AvgIpc) is 3.04. The van der Waals surface area contributed by atoms with Crippen molar-refractivity contribution in [3.8, 4) is 5.75 Å². The first-order valence-electron chi connectivity index (χ1n) is 9.99. The number of aryl methyl sites for hydroxylation is 3. The molecular formula is C23H29N3O2. The van der Waals surface area contributed by atoms with Crippen molar-refractivity contribution in [1.29, 1.82) is 0 Å². The van der Waals surface area contributed by atoms with Gasteiger partial charge in [0.2, 0.25) is 5.91 Å². The highest BCUT2D eigenvalue weighted by Gasteiger charge is 2.11. The number of carbonyl (C=O) groups is 1. The molecule has 1 aromatic heterocycles. The minimum absolute atomic E-state index is 0.0929. The van der Waals surface area contributed by atoms with Gasteiger partial charge in [-0.2, -0.15) is 0 Å². The summed E-state index contributed by atoms with van der Waals surface area (Å²) in [6.45, 7) is 8.03. The van der Waals surface area contributed by atoms with Gasteiger partial charge < -0.3 is 14.6 Å². The van der Waals surface area contributed by atoms with Gasteiger partial charge in [0.1, 0.15) is 18.2 Å². The van der Waals surface area contributed by atoms with Crippen molar-refractivity contribution in [3.63, 3.8) is 0 Å². The Morgan fingerprint density at radius 3 is 2.79 bits per heavy atom. The second-order valence-electron chi connectivity index (χ2n) is 7.09. The summed E-state index contributed by atoms with van der Waals surface area (Å²) in [5.41, 5.74) is 4.52. The minimum Gasteiger partial charge on any atom is -0.491 e. The normalized spacial score (nSPS) is 11.0. The lowest BCUT2D eigenvalue weighted by Crippen LogP contribution is -2.23. The maximum atomic E-state index is 11.4. The number of ether oxygens (including phenoxy) is 1. The third-order valence-electron chi connectivity index (χ3n) is 4.86. The summed E-state index contributed by atoms with van der Waals surface area (Å²) in [4.78, 5) is 16.2. The Kier molecular flexibility index (Phi) is 6.69. The molecule has 5 nitrogen and oxygen atoms in total. The summed E-state index contributed by atoms with van der Waals surface area (Å²) in [5.74, 6) is 2.06. The van der Waals surface area contributed by atoms with E-state index in [1.165, 1.54) is 5.56 Å². The molecular weight excluding hydrogens is 350 g/mol. The molecule has 0 radical (unpaired) electrons. The SMILES string of the molecule is CCC(=O)NCCCc1nc2ccccc2n1CCOc1ccc(C)cc1C. The lowest BCUT2D eigenvalue weighted by atomic mass is 10.1. The monoisotopic (exact) mass is 379 g/mol. The molecule has 0 atom stereocenters. The maximum Gasteiger partial charge on any atom is 0.219 e. The van der Waals surface area contributed by atoms with E-state index in [-0.39, 0.29) is 5.91 Å². The molecule has 0 aliphatic rings. The van der Waals surface area contributed by atoms with Gasteiger partial charge in [0.05, 0.1) is 17.6 Å². The number of nitrogens with one attached hydrogen (secondary N) is 1. The first-order valence-corrected chi connectivity index (χ1v) is 9.99. The molecule has 148 valence electrons. The standard InChI is InChI=1S/C23H29N3O2/c1-4-23(27)24-13-7-10-22-25-19-8-5-6-9-20(19)26(22)14-15-28-21-12-11-17(2)16-18(21)3/h5-6,8-9,11-12,16H,4,7,10,13-15H2,1-3H3,(H,24,27). The van der Waals surface area contributed by atoms with Crippen molar-refractivity contribution in [2.75, 3.05) is 13.2 Å². The lowest BCUT2D eigenvalue weighted by Gasteiger charge is -2.13. The summed E-state index contributed by atoms with van der Waals surface area (Å²) in [6, 6.07) is 14.4. The van der Waals surface area contributed by atoms with Crippen LogP contribution in [0.2, 0.25) is 0 Å². The fraction of sp³-hybridized carbons (Fsp3) is 0.391. The van der Waals surface area contributed by atoms with Crippen LogP contribution in [0.5, 0.6) is 5.75 Å². The van der Waals surface area contributed by atoms with Gasteiger partial charge in [-0.05, 0) is 44.0 Å². The van der Waals surface area contributed by atoms with Crippen LogP contribution in [0.3, 0.4) is 0 Å². The topological polar surface area (TPSA) is 56.2 Å². The highest BCUT2D eigenvalue weighted by atomic mass is 16.5. The maximum absolute atomic E-state index is 11.4. The molecule has 0 unspecified atom stereocenters. The molecule has 0 bridgehead atoms. The molecule has 2 aromatic carbocycles. The Morgan fingerprint density at radius 1 is 1.18 bits per heavy atom. The van der Waals surface area contributed by atoms with Crippen molar-refractivity contribution in [1.82, 2.24) is 14.9 Å². The molecule has 0 aliphatic carbocycles. The fourth-order valence-electron chi connectivity index (χ4n) is 3.37. The highest BCUT2D eigenvalue weighted by molar-refractivity contribution is 5.76. The molecule has 1 heterocycles. The number of hydrogen-bond acceptors (Lipinski definition) is 3. The number of hydrogen-bond donors (Lipinski definition) is 1. The van der Waals surface area contributed by atoms with Crippen LogP contribution in [0.1, 0.15) is 36.7 Å². The Labute approximate surface area is 166 Å². The van der Waals surface area contributed by atoms with E-state index in [9.17, 15) is 4.79 Å². The Morgan fingerprint density at radius 2 is 2.00 bits per heavy atom. The molecule has 0 saturated heterocycles. The highest BCUT2D eigenvalue weighted by Crippen LogP contribution is 2.20. The van der Waals surface area contributed by atoms with Crippen molar-refractivity contribution >= 4 is 16.9 Å². The third-order valence-corrected chi connectivity index (χ3v) is 4.86. The number of carbonyl (C=O) groups excluding carboxylic acids is 1. The molecule has 1 amide bonds. The third kappa shape index (κ3) is 4.91. The molecule has 1 N–H and O–H groups in total. The lowest BCUT2D eigenvalue weighted by molar-refractivity contribution is -0.120. The number of amides is 1. The summed E-state index contributed by atoms with van der Waals surface area (Å²) >= 11 is 0. The summed E-state index contributed by atoms with van der Waals surface area (Å²) < 4.78 is 8.27. The van der Waals surface area contributed by atoms with Crippen LogP contribution >= 0.6 is 0 Å². The molecule has 0 spiro atoms. The Bertz CT molecular complexity index is 946. The van der Waals surface area contributed by atoms with E-state index in [0.29, 0.717) is 19.6 Å². The van der Waals surface area contributed by atoms with E-state index in [1.54, 1.807) is 0 Å². The number of para-hydroxylation sites is 2. The van der Waals surface area contributed by atoms with Crippen LogP contribution in [-0.4, -0.2) is 28.6 Å². The van der Waals surface area contributed by atoms with Gasteiger partial charge >= 0.3 is 0 Å². The van der Waals surface area contributed by atoms with Gasteiger partial charge in [-0.3, -0.25) is 4.79 Å².